The zero-order chi connectivity index (χ0) is 27.2. The van der Waals surface area contributed by atoms with Crippen LogP contribution in [0.5, 0.6) is 17.2 Å². The summed E-state index contributed by atoms with van der Waals surface area (Å²) in [6.07, 6.45) is 1.60. The van der Waals surface area contributed by atoms with Crippen LogP contribution in [-0.4, -0.2) is 49.8 Å². The molecular formula is C28H25FN2O6S. The second-order valence-electron chi connectivity index (χ2n) is 8.10. The van der Waals surface area contributed by atoms with Gasteiger partial charge in [-0.3, -0.25) is 14.5 Å². The van der Waals surface area contributed by atoms with Gasteiger partial charge in [0.05, 0.1) is 27.0 Å². The summed E-state index contributed by atoms with van der Waals surface area (Å²) in [7, 11) is 4.29. The van der Waals surface area contributed by atoms with E-state index in [-0.39, 0.29) is 29.8 Å². The molecule has 0 bridgehead atoms. The largest absolute Gasteiger partial charge is 0.497 e. The maximum Gasteiger partial charge on any atom is 0.325 e. The van der Waals surface area contributed by atoms with Crippen molar-refractivity contribution < 1.29 is 32.9 Å². The van der Waals surface area contributed by atoms with Crippen LogP contribution in [-0.2, 0) is 20.9 Å². The van der Waals surface area contributed by atoms with Gasteiger partial charge in [0.1, 0.15) is 30.4 Å². The highest BCUT2D eigenvalue weighted by Crippen LogP contribution is 2.33. The topological polar surface area (TPSA) is 77.5 Å². The number of amides is 1. The number of halogens is 1. The first kappa shape index (κ1) is 26.6. The minimum absolute atomic E-state index is 0.0138. The van der Waals surface area contributed by atoms with Crippen LogP contribution in [0.1, 0.15) is 11.1 Å². The van der Waals surface area contributed by atoms with Gasteiger partial charge in [-0.25, -0.2) is 4.39 Å². The number of rotatable bonds is 9. The van der Waals surface area contributed by atoms with Crippen molar-refractivity contribution in [2.45, 2.75) is 6.61 Å². The fourth-order valence-corrected chi connectivity index (χ4v) is 4.16. The number of carbonyl (C=O) groups excluding carboxylic acids is 2. The number of nitrogens with zero attached hydrogens (tertiary/aromatic N) is 2. The third-order valence-corrected chi connectivity index (χ3v) is 6.22. The zero-order valence-electron chi connectivity index (χ0n) is 21.0. The first-order valence-electron chi connectivity index (χ1n) is 11.5. The van der Waals surface area contributed by atoms with Crippen molar-refractivity contribution in [3.63, 3.8) is 0 Å². The Labute approximate surface area is 224 Å². The minimum atomic E-state index is -0.558. The van der Waals surface area contributed by atoms with E-state index >= 15 is 0 Å². The number of anilines is 1. The predicted molar refractivity (Wildman–Crippen MR) is 144 cm³/mol. The fraction of sp³-hybridized carbons (Fsp3) is 0.179. The average molecular weight is 537 g/mol. The molecule has 1 aliphatic heterocycles. The molecule has 8 nitrogen and oxygen atoms in total. The second kappa shape index (κ2) is 11.7. The van der Waals surface area contributed by atoms with Crippen molar-refractivity contribution in [2.24, 2.45) is 0 Å². The minimum Gasteiger partial charge on any atom is -0.497 e. The molecular weight excluding hydrogens is 511 g/mol. The standard InChI is InChI=1S/C28H25FN2O6S/c1-34-21-11-9-20(10-12-21)31-27(33)23(30(28(31)38)16-26(32)36-3)14-18-8-13-24(25(15-18)35-2)37-17-19-6-4-5-7-22(19)29/h4-15H,16-17H2,1-3H3/b23-14-. The summed E-state index contributed by atoms with van der Waals surface area (Å²) in [6, 6.07) is 18.2. The van der Waals surface area contributed by atoms with Gasteiger partial charge in [0.25, 0.3) is 5.91 Å². The average Bonchev–Trinajstić information content (AvgIpc) is 3.16. The highest BCUT2D eigenvalue weighted by Gasteiger charge is 2.40. The molecule has 3 aromatic rings. The lowest BCUT2D eigenvalue weighted by Gasteiger charge is -2.19. The molecule has 0 unspecified atom stereocenters. The molecule has 10 heteroatoms. The number of hydrogen-bond donors (Lipinski definition) is 0. The Hall–Kier alpha value is -4.44. The van der Waals surface area contributed by atoms with E-state index in [9.17, 15) is 14.0 Å². The molecule has 0 aromatic heterocycles. The summed E-state index contributed by atoms with van der Waals surface area (Å²) in [6.45, 7) is -0.236. The number of hydrogen-bond acceptors (Lipinski definition) is 7. The van der Waals surface area contributed by atoms with Gasteiger partial charge in [-0.2, -0.15) is 0 Å². The number of thiocarbonyl (C=S) groups is 1. The number of ether oxygens (including phenoxy) is 4. The molecule has 1 aliphatic rings. The van der Waals surface area contributed by atoms with Gasteiger partial charge in [-0.1, -0.05) is 24.3 Å². The molecule has 0 aliphatic carbocycles. The molecule has 4 rings (SSSR count). The maximum absolute atomic E-state index is 14.0. The number of carbonyl (C=O) groups is 2. The van der Waals surface area contributed by atoms with E-state index in [0.717, 1.165) is 0 Å². The molecule has 0 spiro atoms. The van der Waals surface area contributed by atoms with Gasteiger partial charge in [-0.15, -0.1) is 0 Å². The van der Waals surface area contributed by atoms with Crippen LogP contribution in [0.15, 0.2) is 72.4 Å². The molecule has 1 amide bonds. The second-order valence-corrected chi connectivity index (χ2v) is 8.47. The summed E-state index contributed by atoms with van der Waals surface area (Å²) in [4.78, 5) is 28.4. The van der Waals surface area contributed by atoms with E-state index in [4.69, 9.17) is 31.2 Å². The van der Waals surface area contributed by atoms with Crippen molar-refractivity contribution in [1.29, 1.82) is 0 Å². The molecule has 0 saturated carbocycles. The van der Waals surface area contributed by atoms with E-state index in [1.165, 1.54) is 30.1 Å². The van der Waals surface area contributed by atoms with Crippen LogP contribution in [0.25, 0.3) is 6.08 Å². The van der Waals surface area contributed by atoms with E-state index < -0.39 is 11.9 Å². The van der Waals surface area contributed by atoms with Gasteiger partial charge < -0.3 is 23.8 Å². The SMILES string of the molecule is COC(=O)CN1C(=S)N(c2ccc(OC)cc2)C(=O)/C1=C/c1ccc(OCc2ccccc2F)c(OC)c1. The van der Waals surface area contributed by atoms with Gasteiger partial charge >= 0.3 is 5.97 Å². The monoisotopic (exact) mass is 536 g/mol. The van der Waals surface area contributed by atoms with E-state index in [2.05, 4.69) is 0 Å². The lowest BCUT2D eigenvalue weighted by Crippen LogP contribution is -2.35. The molecule has 0 radical (unpaired) electrons. The van der Waals surface area contributed by atoms with Crippen molar-refractivity contribution in [1.82, 2.24) is 4.90 Å². The van der Waals surface area contributed by atoms with Gasteiger partial charge in [-0.05, 0) is 66.3 Å². The molecule has 1 saturated heterocycles. The van der Waals surface area contributed by atoms with Crippen LogP contribution in [0.2, 0.25) is 0 Å². The number of esters is 1. The molecule has 0 N–H and O–H groups in total. The Morgan fingerprint density at radius 3 is 2.37 bits per heavy atom. The van der Waals surface area contributed by atoms with Crippen LogP contribution >= 0.6 is 12.2 Å². The Morgan fingerprint density at radius 1 is 0.974 bits per heavy atom. The van der Waals surface area contributed by atoms with Gasteiger partial charge in [0.15, 0.2) is 16.6 Å². The zero-order valence-corrected chi connectivity index (χ0v) is 21.8. The van der Waals surface area contributed by atoms with Crippen LogP contribution in [0.4, 0.5) is 10.1 Å². The molecule has 1 fully saturated rings. The van der Waals surface area contributed by atoms with Crippen molar-refractivity contribution in [2.75, 3.05) is 32.8 Å². The summed E-state index contributed by atoms with van der Waals surface area (Å²) >= 11 is 5.58. The van der Waals surface area contributed by atoms with Crippen LogP contribution < -0.4 is 19.1 Å². The van der Waals surface area contributed by atoms with Crippen LogP contribution in [0.3, 0.4) is 0 Å². The number of methoxy groups -OCH3 is 3. The quantitative estimate of drug-likeness (QED) is 0.224. The van der Waals surface area contributed by atoms with Crippen molar-refractivity contribution >= 4 is 41.0 Å². The lowest BCUT2D eigenvalue weighted by atomic mass is 10.1. The van der Waals surface area contributed by atoms with Crippen LogP contribution in [0, 0.1) is 5.82 Å². The van der Waals surface area contributed by atoms with Gasteiger partial charge in [0, 0.05) is 5.56 Å². The Balaban J connectivity index is 1.65. The highest BCUT2D eigenvalue weighted by molar-refractivity contribution is 7.80. The first-order chi connectivity index (χ1) is 18.4. The third kappa shape index (κ3) is 5.60. The van der Waals surface area contributed by atoms with E-state index in [1.54, 1.807) is 73.8 Å². The summed E-state index contributed by atoms with van der Waals surface area (Å²) < 4.78 is 35.2. The predicted octanol–water partition coefficient (Wildman–Crippen LogP) is 4.57. The lowest BCUT2D eigenvalue weighted by molar-refractivity contribution is -0.140. The molecule has 196 valence electrons. The Morgan fingerprint density at radius 2 is 1.71 bits per heavy atom. The first-order valence-corrected chi connectivity index (χ1v) is 11.9. The van der Waals surface area contributed by atoms with Crippen molar-refractivity contribution in [3.05, 3.63) is 89.4 Å². The third-order valence-electron chi connectivity index (χ3n) is 5.81. The van der Waals surface area contributed by atoms with E-state index in [1.807, 2.05) is 0 Å². The van der Waals surface area contributed by atoms with Gasteiger partial charge in [0.2, 0.25) is 0 Å². The summed E-state index contributed by atoms with van der Waals surface area (Å²) in [5, 5.41) is 0.133. The Bertz CT molecular complexity index is 1390. The molecule has 38 heavy (non-hydrogen) atoms. The fourth-order valence-electron chi connectivity index (χ4n) is 3.81. The maximum atomic E-state index is 14.0. The molecule has 1 heterocycles. The number of benzene rings is 3. The summed E-state index contributed by atoms with van der Waals surface area (Å²) in [5.74, 6) is 0.0706. The normalized spacial score (nSPS) is 14.2. The highest BCUT2D eigenvalue weighted by atomic mass is 32.1. The van der Waals surface area contributed by atoms with Crippen molar-refractivity contribution in [3.8, 4) is 17.2 Å². The summed E-state index contributed by atoms with van der Waals surface area (Å²) in [5.41, 5.74) is 1.70. The van der Waals surface area contributed by atoms with E-state index in [0.29, 0.717) is 34.1 Å². The molecule has 3 aromatic carbocycles. The smallest absolute Gasteiger partial charge is 0.325 e. The Kier molecular flexibility index (Phi) is 8.22. The molecule has 0 atom stereocenters.